The third kappa shape index (κ3) is 4.93. The van der Waals surface area contributed by atoms with Crippen molar-refractivity contribution < 1.29 is 24.2 Å². The number of carbonyl (C=O) groups excluding carboxylic acids is 2. The van der Waals surface area contributed by atoms with E-state index in [4.69, 9.17) is 9.84 Å². The number of anilines is 2. The van der Waals surface area contributed by atoms with Gasteiger partial charge in [0.1, 0.15) is 5.75 Å². The lowest BCUT2D eigenvalue weighted by atomic mass is 10.1. The number of carboxylic acids is 1. The van der Waals surface area contributed by atoms with Crippen LogP contribution in [-0.2, 0) is 20.8 Å². The smallest absolute Gasteiger partial charge is 0.303 e. The zero-order valence-electron chi connectivity index (χ0n) is 16.5. The molecule has 2 aromatic rings. The van der Waals surface area contributed by atoms with Crippen LogP contribution in [0.2, 0.25) is 0 Å². The topological polar surface area (TPSA) is 95.9 Å². The third-order valence-corrected chi connectivity index (χ3v) is 4.94. The van der Waals surface area contributed by atoms with Gasteiger partial charge < -0.3 is 20.1 Å². The second-order valence-corrected chi connectivity index (χ2v) is 7.16. The van der Waals surface area contributed by atoms with E-state index in [-0.39, 0.29) is 31.2 Å². The van der Waals surface area contributed by atoms with Crippen LogP contribution >= 0.6 is 0 Å². The molecule has 1 fully saturated rings. The van der Waals surface area contributed by atoms with Gasteiger partial charge in [-0.25, -0.2) is 0 Å². The number of carboxylic acid groups (broad SMARTS) is 1. The van der Waals surface area contributed by atoms with Gasteiger partial charge in [0.05, 0.1) is 18.7 Å². The highest BCUT2D eigenvalue weighted by Gasteiger charge is 2.36. The van der Waals surface area contributed by atoms with Crippen molar-refractivity contribution in [2.45, 2.75) is 26.2 Å². The van der Waals surface area contributed by atoms with Crippen LogP contribution in [0.1, 0.15) is 24.0 Å². The fraction of sp³-hybridized carbons (Fsp3) is 0.318. The number of aryl methyl sites for hydroxylation is 2. The second-order valence-electron chi connectivity index (χ2n) is 7.16. The maximum atomic E-state index is 12.7. The van der Waals surface area contributed by atoms with Gasteiger partial charge in [0.15, 0.2) is 0 Å². The molecule has 0 aliphatic carbocycles. The molecule has 7 heteroatoms. The zero-order valence-corrected chi connectivity index (χ0v) is 16.5. The average molecular weight is 396 g/mol. The molecule has 29 heavy (non-hydrogen) atoms. The van der Waals surface area contributed by atoms with E-state index in [0.717, 1.165) is 11.1 Å². The molecule has 1 heterocycles. The van der Waals surface area contributed by atoms with Crippen molar-refractivity contribution in [2.75, 3.05) is 23.9 Å². The first-order valence-corrected chi connectivity index (χ1v) is 9.44. The number of nitrogens with zero attached hydrogens (tertiary/aromatic N) is 1. The fourth-order valence-corrected chi connectivity index (χ4v) is 3.43. The summed E-state index contributed by atoms with van der Waals surface area (Å²) in [4.78, 5) is 37.6. The SMILES string of the molecule is COc1ccc(C)cc1N1CC(C(=O)Nc2cccc(CCC(=O)O)c2)CC1=O. The molecule has 1 atom stereocenters. The number of nitrogens with one attached hydrogen (secondary N) is 1. The van der Waals surface area contributed by atoms with Gasteiger partial charge >= 0.3 is 5.97 Å². The lowest BCUT2D eigenvalue weighted by Gasteiger charge is -2.20. The maximum absolute atomic E-state index is 12.7. The van der Waals surface area contributed by atoms with E-state index < -0.39 is 11.9 Å². The highest BCUT2D eigenvalue weighted by atomic mass is 16.5. The number of hydrogen-bond donors (Lipinski definition) is 2. The van der Waals surface area contributed by atoms with Crippen LogP contribution in [0.15, 0.2) is 42.5 Å². The van der Waals surface area contributed by atoms with Gasteiger partial charge in [0.2, 0.25) is 11.8 Å². The molecule has 1 unspecified atom stereocenters. The van der Waals surface area contributed by atoms with Gasteiger partial charge in [0, 0.05) is 25.1 Å². The molecule has 1 aliphatic heterocycles. The Bertz CT molecular complexity index is 941. The third-order valence-electron chi connectivity index (χ3n) is 4.94. The summed E-state index contributed by atoms with van der Waals surface area (Å²) in [6.45, 7) is 2.22. The van der Waals surface area contributed by atoms with Crippen molar-refractivity contribution in [2.24, 2.45) is 5.92 Å². The van der Waals surface area contributed by atoms with Gasteiger partial charge in [-0.3, -0.25) is 14.4 Å². The number of methoxy groups -OCH3 is 1. The number of hydrogen-bond acceptors (Lipinski definition) is 4. The first kappa shape index (κ1) is 20.4. The van der Waals surface area contributed by atoms with Gasteiger partial charge in [-0.2, -0.15) is 0 Å². The Balaban J connectivity index is 1.69. The molecule has 2 aromatic carbocycles. The minimum atomic E-state index is -0.865. The van der Waals surface area contributed by atoms with Crippen LogP contribution < -0.4 is 15.0 Å². The Morgan fingerprint density at radius 2 is 2.03 bits per heavy atom. The van der Waals surface area contributed by atoms with Gasteiger partial charge in [-0.05, 0) is 48.7 Å². The molecule has 0 saturated carbocycles. The Morgan fingerprint density at radius 3 is 2.76 bits per heavy atom. The Kier molecular flexibility index (Phi) is 6.16. The normalized spacial score (nSPS) is 16.0. The van der Waals surface area contributed by atoms with Crippen LogP contribution in [0.4, 0.5) is 11.4 Å². The molecule has 3 rings (SSSR count). The molecule has 1 aliphatic rings. The molecular formula is C22H24N2O5. The summed E-state index contributed by atoms with van der Waals surface area (Å²) in [6, 6.07) is 12.7. The predicted molar refractivity (Wildman–Crippen MR) is 109 cm³/mol. The second kappa shape index (κ2) is 8.77. The Labute approximate surface area is 169 Å². The highest BCUT2D eigenvalue weighted by Crippen LogP contribution is 2.34. The molecule has 1 saturated heterocycles. The van der Waals surface area contributed by atoms with Crippen LogP contribution in [0, 0.1) is 12.8 Å². The lowest BCUT2D eigenvalue weighted by Crippen LogP contribution is -2.28. The standard InChI is InChI=1S/C22H24N2O5/c1-14-6-8-19(29-2)18(10-14)24-13-16(12-20(24)25)22(28)23-17-5-3-4-15(11-17)7-9-21(26)27/h3-6,8,10-11,16H,7,9,12-13H2,1-2H3,(H,23,28)(H,26,27). The predicted octanol–water partition coefficient (Wildman–Crippen LogP) is 3.01. The molecule has 0 aromatic heterocycles. The largest absolute Gasteiger partial charge is 0.495 e. The van der Waals surface area contributed by atoms with E-state index >= 15 is 0 Å². The molecule has 0 radical (unpaired) electrons. The molecule has 152 valence electrons. The average Bonchev–Trinajstić information content (AvgIpc) is 3.08. The summed E-state index contributed by atoms with van der Waals surface area (Å²) >= 11 is 0. The lowest BCUT2D eigenvalue weighted by molar-refractivity contribution is -0.137. The minimum absolute atomic E-state index is 0.0296. The molecule has 2 amide bonds. The number of ether oxygens (including phenoxy) is 1. The van der Waals surface area contributed by atoms with Crippen molar-refractivity contribution in [3.05, 3.63) is 53.6 Å². The Morgan fingerprint density at radius 1 is 1.24 bits per heavy atom. The zero-order chi connectivity index (χ0) is 21.0. The monoisotopic (exact) mass is 396 g/mol. The number of carbonyl (C=O) groups is 3. The number of benzene rings is 2. The van der Waals surface area contributed by atoms with Gasteiger partial charge in [0.25, 0.3) is 0 Å². The van der Waals surface area contributed by atoms with Crippen molar-refractivity contribution >= 4 is 29.2 Å². The van der Waals surface area contributed by atoms with Gasteiger partial charge in [-0.15, -0.1) is 0 Å². The van der Waals surface area contributed by atoms with E-state index in [1.54, 1.807) is 30.2 Å². The van der Waals surface area contributed by atoms with E-state index in [2.05, 4.69) is 5.32 Å². The van der Waals surface area contributed by atoms with Crippen LogP contribution in [0.3, 0.4) is 0 Å². The minimum Gasteiger partial charge on any atom is -0.495 e. The van der Waals surface area contributed by atoms with Crippen LogP contribution in [0.25, 0.3) is 0 Å². The summed E-state index contributed by atoms with van der Waals surface area (Å²) in [5, 5.41) is 11.7. The number of aliphatic carboxylic acids is 1. The molecule has 2 N–H and O–H groups in total. The Hall–Kier alpha value is -3.35. The van der Waals surface area contributed by atoms with Crippen molar-refractivity contribution in [1.29, 1.82) is 0 Å². The first-order valence-electron chi connectivity index (χ1n) is 9.44. The van der Waals surface area contributed by atoms with Crippen molar-refractivity contribution in [1.82, 2.24) is 0 Å². The molecular weight excluding hydrogens is 372 g/mol. The summed E-state index contributed by atoms with van der Waals surface area (Å²) in [6.07, 6.45) is 0.547. The molecule has 0 bridgehead atoms. The van der Waals surface area contributed by atoms with Crippen LogP contribution in [-0.4, -0.2) is 36.5 Å². The number of amides is 2. The van der Waals surface area contributed by atoms with E-state index in [9.17, 15) is 14.4 Å². The van der Waals surface area contributed by atoms with Crippen LogP contribution in [0.5, 0.6) is 5.75 Å². The van der Waals surface area contributed by atoms with E-state index in [0.29, 0.717) is 23.5 Å². The van der Waals surface area contributed by atoms with Gasteiger partial charge in [-0.1, -0.05) is 18.2 Å². The summed E-state index contributed by atoms with van der Waals surface area (Å²) < 4.78 is 5.37. The molecule has 7 nitrogen and oxygen atoms in total. The van der Waals surface area contributed by atoms with E-state index in [1.165, 1.54) is 0 Å². The quantitative estimate of drug-likeness (QED) is 0.750. The van der Waals surface area contributed by atoms with Crippen molar-refractivity contribution in [3.63, 3.8) is 0 Å². The highest BCUT2D eigenvalue weighted by molar-refractivity contribution is 6.04. The summed E-state index contributed by atoms with van der Waals surface area (Å²) in [5.74, 6) is -1.10. The number of rotatable bonds is 7. The van der Waals surface area contributed by atoms with E-state index in [1.807, 2.05) is 31.2 Å². The fourth-order valence-electron chi connectivity index (χ4n) is 3.43. The summed E-state index contributed by atoms with van der Waals surface area (Å²) in [7, 11) is 1.55. The summed E-state index contributed by atoms with van der Waals surface area (Å²) in [5.41, 5.74) is 3.10. The first-order chi connectivity index (χ1) is 13.9. The van der Waals surface area contributed by atoms with Crippen molar-refractivity contribution in [3.8, 4) is 5.75 Å². The maximum Gasteiger partial charge on any atom is 0.303 e. The molecule has 0 spiro atoms.